The molecule has 94 valence electrons. The van der Waals surface area contributed by atoms with Crippen LogP contribution in [0.2, 0.25) is 0 Å². The molecule has 4 nitrogen and oxygen atoms in total. The van der Waals surface area contributed by atoms with Crippen molar-refractivity contribution in [3.05, 3.63) is 35.9 Å². The number of hydrogen-bond donors (Lipinski definition) is 2. The molecule has 1 aromatic rings. The van der Waals surface area contributed by atoms with Gasteiger partial charge in [-0.25, -0.2) is 13.1 Å². The van der Waals surface area contributed by atoms with Gasteiger partial charge in [0.05, 0.1) is 4.90 Å². The molecule has 0 aliphatic carbocycles. The van der Waals surface area contributed by atoms with Crippen LogP contribution in [0, 0.1) is 6.92 Å². The monoisotopic (exact) mass is 254 g/mol. The van der Waals surface area contributed by atoms with Crippen LogP contribution in [-0.2, 0) is 10.0 Å². The first-order valence-corrected chi connectivity index (χ1v) is 6.92. The molecule has 3 N–H and O–H groups in total. The topological polar surface area (TPSA) is 72.2 Å². The number of benzene rings is 1. The van der Waals surface area contributed by atoms with Crippen molar-refractivity contribution in [2.75, 3.05) is 12.3 Å². The first-order chi connectivity index (χ1) is 7.97. The Bertz CT molecular complexity index is 507. The number of anilines is 1. The molecule has 0 atom stereocenters. The van der Waals surface area contributed by atoms with Crippen molar-refractivity contribution in [3.8, 4) is 0 Å². The molecule has 1 aromatic carbocycles. The smallest absolute Gasteiger partial charge is 0.240 e. The van der Waals surface area contributed by atoms with Crippen LogP contribution in [-0.4, -0.2) is 15.0 Å². The third-order valence-electron chi connectivity index (χ3n) is 2.34. The zero-order valence-electron chi connectivity index (χ0n) is 10.1. The van der Waals surface area contributed by atoms with E-state index in [4.69, 9.17) is 5.73 Å². The Hall–Kier alpha value is -1.33. The van der Waals surface area contributed by atoms with E-state index in [1.165, 1.54) is 6.07 Å². The van der Waals surface area contributed by atoms with Crippen LogP contribution in [0.1, 0.15) is 18.9 Å². The van der Waals surface area contributed by atoms with Gasteiger partial charge in [-0.2, -0.15) is 0 Å². The Morgan fingerprint density at radius 2 is 2.12 bits per heavy atom. The number of nitrogen functional groups attached to an aromatic ring is 1. The number of sulfonamides is 1. The Morgan fingerprint density at radius 3 is 2.76 bits per heavy atom. The predicted molar refractivity (Wildman–Crippen MR) is 70.2 cm³/mol. The molecule has 0 aliphatic heterocycles. The first kappa shape index (κ1) is 13.7. The number of aryl methyl sites for hydroxylation is 1. The van der Waals surface area contributed by atoms with E-state index in [0.717, 1.165) is 0 Å². The lowest BCUT2D eigenvalue weighted by Gasteiger charge is -2.09. The van der Waals surface area contributed by atoms with Crippen LogP contribution >= 0.6 is 0 Å². The average molecular weight is 254 g/mol. The Morgan fingerprint density at radius 1 is 1.41 bits per heavy atom. The third kappa shape index (κ3) is 3.87. The maximum atomic E-state index is 12.0. The van der Waals surface area contributed by atoms with Gasteiger partial charge in [0.15, 0.2) is 0 Å². The minimum absolute atomic E-state index is 0.248. The number of allylic oxidation sites excluding steroid dienone is 1. The quantitative estimate of drug-likeness (QED) is 0.478. The van der Waals surface area contributed by atoms with Gasteiger partial charge >= 0.3 is 0 Å². The van der Waals surface area contributed by atoms with E-state index in [-0.39, 0.29) is 4.90 Å². The van der Waals surface area contributed by atoms with Gasteiger partial charge in [-0.05, 0) is 38.0 Å². The van der Waals surface area contributed by atoms with Crippen molar-refractivity contribution in [2.45, 2.75) is 25.2 Å². The van der Waals surface area contributed by atoms with Crippen molar-refractivity contribution in [2.24, 2.45) is 0 Å². The van der Waals surface area contributed by atoms with Gasteiger partial charge in [0.1, 0.15) is 0 Å². The summed E-state index contributed by atoms with van der Waals surface area (Å²) in [6.07, 6.45) is 4.48. The van der Waals surface area contributed by atoms with Crippen LogP contribution in [0.25, 0.3) is 0 Å². The molecule has 1 rings (SSSR count). The minimum Gasteiger partial charge on any atom is -0.399 e. The highest BCUT2D eigenvalue weighted by Crippen LogP contribution is 2.17. The Kier molecular flexibility index (Phi) is 4.72. The second-order valence-electron chi connectivity index (χ2n) is 3.78. The van der Waals surface area contributed by atoms with E-state index in [2.05, 4.69) is 4.72 Å². The van der Waals surface area contributed by atoms with E-state index in [0.29, 0.717) is 24.2 Å². The average Bonchev–Trinajstić information content (AvgIpc) is 2.28. The zero-order chi connectivity index (χ0) is 12.9. The van der Waals surface area contributed by atoms with Gasteiger partial charge in [-0.15, -0.1) is 0 Å². The predicted octanol–water partition coefficient (Wildman–Crippen LogP) is 1.82. The minimum atomic E-state index is -3.46. The van der Waals surface area contributed by atoms with Crippen molar-refractivity contribution in [1.29, 1.82) is 0 Å². The van der Waals surface area contributed by atoms with E-state index >= 15 is 0 Å². The van der Waals surface area contributed by atoms with Gasteiger partial charge in [0.2, 0.25) is 10.0 Å². The molecule has 5 heteroatoms. The van der Waals surface area contributed by atoms with Crippen molar-refractivity contribution in [3.63, 3.8) is 0 Å². The molecule has 0 fully saturated rings. The van der Waals surface area contributed by atoms with Crippen LogP contribution in [0.3, 0.4) is 0 Å². The SMILES string of the molecule is C/C=C/CCNS(=O)(=O)c1cc(N)ccc1C. The van der Waals surface area contributed by atoms with Gasteiger partial charge < -0.3 is 5.73 Å². The summed E-state index contributed by atoms with van der Waals surface area (Å²) < 4.78 is 26.5. The van der Waals surface area contributed by atoms with Crippen LogP contribution in [0.15, 0.2) is 35.2 Å². The molecular weight excluding hydrogens is 236 g/mol. The van der Waals surface area contributed by atoms with E-state index in [1.807, 2.05) is 19.1 Å². The van der Waals surface area contributed by atoms with Gasteiger partial charge in [-0.1, -0.05) is 18.2 Å². The summed E-state index contributed by atoms with van der Waals surface area (Å²) in [4.78, 5) is 0.248. The molecule has 0 aliphatic rings. The van der Waals surface area contributed by atoms with Crippen molar-refractivity contribution < 1.29 is 8.42 Å². The number of rotatable bonds is 5. The molecule has 0 saturated heterocycles. The zero-order valence-corrected chi connectivity index (χ0v) is 10.9. The summed E-state index contributed by atoms with van der Waals surface area (Å²) in [6, 6.07) is 4.87. The van der Waals surface area contributed by atoms with Gasteiger partial charge in [0, 0.05) is 12.2 Å². The summed E-state index contributed by atoms with van der Waals surface area (Å²) in [7, 11) is -3.46. The number of nitrogens with one attached hydrogen (secondary N) is 1. The highest BCUT2D eigenvalue weighted by atomic mass is 32.2. The largest absolute Gasteiger partial charge is 0.399 e. The van der Waals surface area contributed by atoms with Crippen molar-refractivity contribution in [1.82, 2.24) is 4.72 Å². The van der Waals surface area contributed by atoms with Crippen LogP contribution in [0.4, 0.5) is 5.69 Å². The fraction of sp³-hybridized carbons (Fsp3) is 0.333. The molecular formula is C12H18N2O2S. The van der Waals surface area contributed by atoms with Crippen LogP contribution in [0.5, 0.6) is 0 Å². The normalized spacial score (nSPS) is 12.1. The molecule has 17 heavy (non-hydrogen) atoms. The first-order valence-electron chi connectivity index (χ1n) is 5.44. The molecule has 0 bridgehead atoms. The fourth-order valence-electron chi connectivity index (χ4n) is 1.43. The summed E-state index contributed by atoms with van der Waals surface area (Å²) in [5.41, 5.74) is 6.74. The highest BCUT2D eigenvalue weighted by molar-refractivity contribution is 7.89. The lowest BCUT2D eigenvalue weighted by molar-refractivity contribution is 0.581. The molecule has 0 saturated carbocycles. The summed E-state index contributed by atoms with van der Waals surface area (Å²) >= 11 is 0. The molecule has 0 radical (unpaired) electrons. The molecule has 0 aromatic heterocycles. The summed E-state index contributed by atoms with van der Waals surface area (Å²) in [5.74, 6) is 0. The third-order valence-corrected chi connectivity index (χ3v) is 3.94. The standard InChI is InChI=1S/C12H18N2O2S/c1-3-4-5-8-14-17(15,16)12-9-11(13)7-6-10(12)2/h3-4,6-7,9,14H,5,8,13H2,1-2H3/b4-3+. The molecule has 0 unspecified atom stereocenters. The number of nitrogens with two attached hydrogens (primary N) is 1. The maximum Gasteiger partial charge on any atom is 0.240 e. The molecule has 0 spiro atoms. The van der Waals surface area contributed by atoms with Crippen LogP contribution < -0.4 is 10.5 Å². The maximum absolute atomic E-state index is 12.0. The van der Waals surface area contributed by atoms with Gasteiger partial charge in [-0.3, -0.25) is 0 Å². The Balaban J connectivity index is 2.86. The van der Waals surface area contributed by atoms with E-state index in [1.54, 1.807) is 19.1 Å². The molecule has 0 heterocycles. The van der Waals surface area contributed by atoms with Gasteiger partial charge in [0.25, 0.3) is 0 Å². The second kappa shape index (κ2) is 5.84. The van der Waals surface area contributed by atoms with E-state index < -0.39 is 10.0 Å². The lowest BCUT2D eigenvalue weighted by atomic mass is 10.2. The second-order valence-corrected chi connectivity index (χ2v) is 5.52. The van der Waals surface area contributed by atoms with E-state index in [9.17, 15) is 8.42 Å². The van der Waals surface area contributed by atoms with Crippen molar-refractivity contribution >= 4 is 15.7 Å². The summed E-state index contributed by atoms with van der Waals surface area (Å²) in [5, 5.41) is 0. The summed E-state index contributed by atoms with van der Waals surface area (Å²) in [6.45, 7) is 4.04. The lowest BCUT2D eigenvalue weighted by Crippen LogP contribution is -2.25. The molecule has 0 amide bonds. The fourth-order valence-corrected chi connectivity index (χ4v) is 2.75. The number of hydrogen-bond acceptors (Lipinski definition) is 3. The highest BCUT2D eigenvalue weighted by Gasteiger charge is 2.15. The Labute approximate surface area is 103 Å².